The van der Waals surface area contributed by atoms with Crippen molar-refractivity contribution in [3.63, 3.8) is 0 Å². The molecule has 2 fully saturated rings. The lowest BCUT2D eigenvalue weighted by atomic mass is 9.82. The molecule has 1 aromatic carbocycles. The van der Waals surface area contributed by atoms with Crippen molar-refractivity contribution in [2.75, 3.05) is 36.8 Å². The lowest BCUT2D eigenvalue weighted by Crippen LogP contribution is -2.60. The van der Waals surface area contributed by atoms with Crippen LogP contribution in [0.25, 0.3) is 0 Å². The Morgan fingerprint density at radius 3 is 2.19 bits per heavy atom. The normalized spacial score (nSPS) is 22.3. The molecule has 2 heterocycles. The van der Waals surface area contributed by atoms with Crippen molar-refractivity contribution in [3.05, 3.63) is 24.3 Å². The van der Waals surface area contributed by atoms with Crippen molar-refractivity contribution in [1.29, 1.82) is 0 Å². The van der Waals surface area contributed by atoms with E-state index in [0.29, 0.717) is 12.0 Å². The molecule has 0 unspecified atom stereocenters. The van der Waals surface area contributed by atoms with Gasteiger partial charge in [0.1, 0.15) is 0 Å². The minimum absolute atomic E-state index is 0.438. The first-order chi connectivity index (χ1) is 9.93. The number of nitrogen functional groups attached to an aromatic ring is 1. The smallest absolute Gasteiger partial charge is 0.0644 e. The maximum atomic E-state index is 10.0. The molecule has 1 aromatic rings. The van der Waals surface area contributed by atoms with Gasteiger partial charge in [0, 0.05) is 49.5 Å². The van der Waals surface area contributed by atoms with Gasteiger partial charge in [-0.3, -0.25) is 4.90 Å². The number of hydrogen-bond donors (Lipinski definition) is 2. The summed E-state index contributed by atoms with van der Waals surface area (Å²) in [4.78, 5) is 4.99. The quantitative estimate of drug-likeness (QED) is 0.835. The van der Waals surface area contributed by atoms with Crippen LogP contribution >= 0.6 is 0 Å². The summed E-state index contributed by atoms with van der Waals surface area (Å²) in [5.74, 6) is 0.438. The number of likely N-dealkylation sites (tertiary alicyclic amines) is 1. The molecule has 0 amide bonds. The van der Waals surface area contributed by atoms with E-state index in [9.17, 15) is 5.11 Å². The van der Waals surface area contributed by atoms with Crippen LogP contribution in [0.4, 0.5) is 11.4 Å². The summed E-state index contributed by atoms with van der Waals surface area (Å²) in [7, 11) is 0. The Labute approximate surface area is 127 Å². The highest BCUT2D eigenvalue weighted by Gasteiger charge is 2.40. The molecule has 21 heavy (non-hydrogen) atoms. The van der Waals surface area contributed by atoms with Gasteiger partial charge in [-0.1, -0.05) is 0 Å². The minimum Gasteiger partial charge on any atom is -0.399 e. The zero-order chi connectivity index (χ0) is 15.0. The number of aliphatic hydroxyl groups is 1. The number of nitrogens with two attached hydrogens (primary N) is 1. The summed E-state index contributed by atoms with van der Waals surface area (Å²) in [5, 5.41) is 10.0. The van der Waals surface area contributed by atoms with Gasteiger partial charge in [0.15, 0.2) is 0 Å². The second-order valence-electron chi connectivity index (χ2n) is 7.11. The molecular weight excluding hydrogens is 262 g/mol. The Hall–Kier alpha value is -1.26. The maximum absolute atomic E-state index is 10.0. The lowest BCUT2D eigenvalue weighted by Gasteiger charge is -2.51. The van der Waals surface area contributed by atoms with E-state index in [-0.39, 0.29) is 0 Å². The molecule has 0 radical (unpaired) electrons. The van der Waals surface area contributed by atoms with Crippen LogP contribution in [0.1, 0.15) is 26.7 Å². The molecule has 0 bridgehead atoms. The van der Waals surface area contributed by atoms with Crippen molar-refractivity contribution >= 4 is 11.4 Å². The minimum atomic E-state index is -0.527. The van der Waals surface area contributed by atoms with Crippen LogP contribution in [0.3, 0.4) is 0 Å². The molecule has 0 aliphatic carbocycles. The number of nitrogens with zero attached hydrogens (tertiary/aromatic N) is 2. The van der Waals surface area contributed by atoms with Gasteiger partial charge in [0.25, 0.3) is 0 Å². The molecule has 3 N–H and O–H groups in total. The molecule has 0 aromatic heterocycles. The fourth-order valence-corrected chi connectivity index (χ4v) is 3.43. The summed E-state index contributed by atoms with van der Waals surface area (Å²) in [6, 6.07) is 8.87. The van der Waals surface area contributed by atoms with Crippen LogP contribution in [0, 0.1) is 5.92 Å². The molecule has 3 rings (SSSR count). The van der Waals surface area contributed by atoms with Crippen molar-refractivity contribution in [1.82, 2.24) is 4.90 Å². The van der Waals surface area contributed by atoms with Crippen LogP contribution in [-0.4, -0.2) is 47.8 Å². The van der Waals surface area contributed by atoms with E-state index in [2.05, 4.69) is 21.9 Å². The SMILES string of the molecule is CC(C)(O)C1CN(C2CCN(c3ccc(N)cc3)CC2)C1. The zero-order valence-electron chi connectivity index (χ0n) is 13.1. The Morgan fingerprint density at radius 1 is 1.10 bits per heavy atom. The van der Waals surface area contributed by atoms with E-state index in [1.165, 1.54) is 18.5 Å². The lowest BCUT2D eigenvalue weighted by molar-refractivity contribution is -0.0795. The number of benzene rings is 1. The molecule has 2 aliphatic rings. The fourth-order valence-electron chi connectivity index (χ4n) is 3.43. The molecule has 2 aliphatic heterocycles. The largest absolute Gasteiger partial charge is 0.399 e. The standard InChI is InChI=1S/C17H27N3O/c1-17(2,21)13-11-20(12-13)16-7-9-19(10-8-16)15-5-3-14(18)4-6-15/h3-6,13,16,21H,7-12,18H2,1-2H3. The molecule has 116 valence electrons. The van der Waals surface area contributed by atoms with E-state index in [4.69, 9.17) is 5.73 Å². The predicted molar refractivity (Wildman–Crippen MR) is 87.5 cm³/mol. The van der Waals surface area contributed by atoms with Crippen LogP contribution in [-0.2, 0) is 0 Å². The molecule has 0 saturated carbocycles. The highest BCUT2D eigenvalue weighted by Crippen LogP contribution is 2.32. The van der Waals surface area contributed by atoms with Crippen molar-refractivity contribution in [3.8, 4) is 0 Å². The summed E-state index contributed by atoms with van der Waals surface area (Å²) >= 11 is 0. The van der Waals surface area contributed by atoms with Crippen LogP contribution in [0.15, 0.2) is 24.3 Å². The molecule has 2 saturated heterocycles. The van der Waals surface area contributed by atoms with Gasteiger partial charge in [-0.05, 0) is 51.0 Å². The third kappa shape index (κ3) is 3.16. The molecular formula is C17H27N3O. The van der Waals surface area contributed by atoms with Gasteiger partial charge >= 0.3 is 0 Å². The summed E-state index contributed by atoms with van der Waals surface area (Å²) < 4.78 is 0. The van der Waals surface area contributed by atoms with Crippen molar-refractivity contribution in [2.24, 2.45) is 5.92 Å². The first-order valence-electron chi connectivity index (χ1n) is 8.00. The third-order valence-electron chi connectivity index (χ3n) is 5.15. The first-order valence-corrected chi connectivity index (χ1v) is 8.00. The number of hydrogen-bond acceptors (Lipinski definition) is 4. The third-order valence-corrected chi connectivity index (χ3v) is 5.15. The molecule has 4 nitrogen and oxygen atoms in total. The average molecular weight is 289 g/mol. The first kappa shape index (κ1) is 14.7. The Balaban J connectivity index is 1.49. The van der Waals surface area contributed by atoms with Gasteiger partial charge in [-0.15, -0.1) is 0 Å². The monoisotopic (exact) mass is 289 g/mol. The molecule has 4 heteroatoms. The fraction of sp³-hybridized carbons (Fsp3) is 0.647. The summed E-state index contributed by atoms with van der Waals surface area (Å²) in [6.07, 6.45) is 2.42. The van der Waals surface area contributed by atoms with Crippen LogP contribution in [0.5, 0.6) is 0 Å². The van der Waals surface area contributed by atoms with E-state index < -0.39 is 5.60 Å². The topological polar surface area (TPSA) is 52.7 Å². The average Bonchev–Trinajstić information content (AvgIpc) is 2.37. The molecule has 0 atom stereocenters. The summed E-state index contributed by atoms with van der Waals surface area (Å²) in [6.45, 7) is 8.18. The van der Waals surface area contributed by atoms with Gasteiger partial charge in [0.2, 0.25) is 0 Å². The van der Waals surface area contributed by atoms with Gasteiger partial charge in [-0.25, -0.2) is 0 Å². The van der Waals surface area contributed by atoms with E-state index in [1.807, 2.05) is 26.0 Å². The van der Waals surface area contributed by atoms with E-state index in [1.54, 1.807) is 0 Å². The Bertz CT molecular complexity index is 466. The van der Waals surface area contributed by atoms with Gasteiger partial charge in [-0.2, -0.15) is 0 Å². The van der Waals surface area contributed by atoms with Crippen molar-refractivity contribution in [2.45, 2.75) is 38.3 Å². The second kappa shape index (κ2) is 5.50. The van der Waals surface area contributed by atoms with E-state index >= 15 is 0 Å². The maximum Gasteiger partial charge on any atom is 0.0644 e. The number of piperidine rings is 1. The van der Waals surface area contributed by atoms with Crippen LogP contribution in [0.2, 0.25) is 0 Å². The van der Waals surface area contributed by atoms with Crippen molar-refractivity contribution < 1.29 is 5.11 Å². The highest BCUT2D eigenvalue weighted by molar-refractivity contribution is 5.53. The molecule has 0 spiro atoms. The Kier molecular flexibility index (Phi) is 3.84. The van der Waals surface area contributed by atoms with Crippen LogP contribution < -0.4 is 10.6 Å². The second-order valence-corrected chi connectivity index (χ2v) is 7.11. The number of anilines is 2. The predicted octanol–water partition coefficient (Wildman–Crippen LogP) is 1.94. The van der Waals surface area contributed by atoms with Gasteiger partial charge < -0.3 is 15.7 Å². The summed E-state index contributed by atoms with van der Waals surface area (Å²) in [5.41, 5.74) is 7.32. The zero-order valence-corrected chi connectivity index (χ0v) is 13.1. The number of rotatable bonds is 3. The Morgan fingerprint density at radius 2 is 1.67 bits per heavy atom. The van der Waals surface area contributed by atoms with E-state index in [0.717, 1.165) is 31.9 Å². The highest BCUT2D eigenvalue weighted by atomic mass is 16.3. The van der Waals surface area contributed by atoms with Gasteiger partial charge in [0.05, 0.1) is 5.60 Å².